The third kappa shape index (κ3) is 3.57. The molecule has 3 heterocycles. The summed E-state index contributed by atoms with van der Waals surface area (Å²) in [5, 5.41) is 13.3. The number of sulfonamides is 1. The van der Waals surface area contributed by atoms with E-state index in [0.29, 0.717) is 31.9 Å². The molecule has 2 aromatic rings. The summed E-state index contributed by atoms with van der Waals surface area (Å²) in [7, 11) is -3.76. The molecule has 0 atom stereocenters. The number of non-ortho nitro benzene ring substituents is 1. The van der Waals surface area contributed by atoms with Crippen LogP contribution in [0.1, 0.15) is 24.1 Å². The maximum atomic E-state index is 13.2. The van der Waals surface area contributed by atoms with Crippen molar-refractivity contribution in [3.63, 3.8) is 0 Å². The molecule has 2 aliphatic rings. The van der Waals surface area contributed by atoms with E-state index in [2.05, 4.69) is 12.1 Å². The van der Waals surface area contributed by atoms with Crippen molar-refractivity contribution in [2.45, 2.75) is 24.2 Å². The maximum Gasteiger partial charge on any atom is 0.270 e. The second-order valence-electron chi connectivity index (χ2n) is 6.92. The highest BCUT2D eigenvalue weighted by atomic mass is 32.2. The zero-order valence-electron chi connectivity index (χ0n) is 15.3. The first-order chi connectivity index (χ1) is 13.5. The van der Waals surface area contributed by atoms with E-state index in [4.69, 9.17) is 0 Å². The van der Waals surface area contributed by atoms with Crippen molar-refractivity contribution in [2.75, 3.05) is 31.1 Å². The zero-order chi connectivity index (χ0) is 19.7. The van der Waals surface area contributed by atoms with Crippen molar-refractivity contribution < 1.29 is 13.3 Å². The minimum Gasteiger partial charge on any atom is -0.366 e. The molecule has 0 spiro atoms. The van der Waals surface area contributed by atoms with Gasteiger partial charge in [0.25, 0.3) is 5.69 Å². The Morgan fingerprint density at radius 1 is 1.11 bits per heavy atom. The summed E-state index contributed by atoms with van der Waals surface area (Å²) in [6.45, 7) is 2.18. The molecule has 1 aromatic carbocycles. The molecular formula is C19H21N3O4S2. The number of nitrogens with zero attached hydrogens (tertiary/aromatic N) is 3. The normalized spacial score (nSPS) is 18.3. The van der Waals surface area contributed by atoms with Gasteiger partial charge < -0.3 is 4.90 Å². The third-order valence-electron chi connectivity index (χ3n) is 5.22. The Morgan fingerprint density at radius 2 is 1.89 bits per heavy atom. The predicted molar refractivity (Wildman–Crippen MR) is 110 cm³/mol. The molecule has 4 rings (SSSR count). The van der Waals surface area contributed by atoms with Crippen LogP contribution in [0.3, 0.4) is 0 Å². The molecule has 0 N–H and O–H groups in total. The summed E-state index contributed by atoms with van der Waals surface area (Å²) in [4.78, 5) is 14.0. The van der Waals surface area contributed by atoms with Gasteiger partial charge in [0.05, 0.1) is 10.6 Å². The van der Waals surface area contributed by atoms with Crippen LogP contribution in [0.25, 0.3) is 5.57 Å². The van der Waals surface area contributed by atoms with Crippen LogP contribution in [-0.2, 0) is 10.0 Å². The van der Waals surface area contributed by atoms with Crippen LogP contribution < -0.4 is 4.90 Å². The van der Waals surface area contributed by atoms with Gasteiger partial charge in [-0.15, -0.1) is 11.3 Å². The van der Waals surface area contributed by atoms with Gasteiger partial charge in [0.15, 0.2) is 0 Å². The predicted octanol–water partition coefficient (Wildman–Crippen LogP) is 3.73. The highest BCUT2D eigenvalue weighted by molar-refractivity contribution is 7.89. The van der Waals surface area contributed by atoms with E-state index in [1.54, 1.807) is 17.4 Å². The summed E-state index contributed by atoms with van der Waals surface area (Å²) < 4.78 is 27.8. The van der Waals surface area contributed by atoms with Crippen molar-refractivity contribution >= 4 is 38.3 Å². The lowest BCUT2D eigenvalue weighted by molar-refractivity contribution is -0.385. The van der Waals surface area contributed by atoms with Gasteiger partial charge in [-0.2, -0.15) is 4.31 Å². The molecule has 7 nitrogen and oxygen atoms in total. The van der Waals surface area contributed by atoms with E-state index in [0.717, 1.165) is 19.3 Å². The molecule has 0 amide bonds. The monoisotopic (exact) mass is 419 g/mol. The molecule has 28 heavy (non-hydrogen) atoms. The van der Waals surface area contributed by atoms with Gasteiger partial charge in [-0.3, -0.25) is 10.1 Å². The summed E-state index contributed by atoms with van der Waals surface area (Å²) >= 11 is 1.69. The topological polar surface area (TPSA) is 83.8 Å². The molecular weight excluding hydrogens is 398 g/mol. The lowest BCUT2D eigenvalue weighted by atomic mass is 10.1. The fourth-order valence-corrected chi connectivity index (χ4v) is 6.27. The minimum absolute atomic E-state index is 0.0385. The molecule has 0 bridgehead atoms. The van der Waals surface area contributed by atoms with Crippen LogP contribution in [0.5, 0.6) is 0 Å². The Balaban J connectivity index is 1.70. The van der Waals surface area contributed by atoms with E-state index in [-0.39, 0.29) is 10.6 Å². The average Bonchev–Trinajstić information content (AvgIpc) is 3.42. The van der Waals surface area contributed by atoms with E-state index in [9.17, 15) is 18.5 Å². The Labute approximate surface area is 168 Å². The SMILES string of the molecule is O=[N+]([O-])c1ccc(N2CC=C(c3cccs3)CC2)c(S(=O)(=O)N2CCCC2)c1. The Bertz CT molecular complexity index is 1010. The molecule has 1 saturated heterocycles. The first-order valence-electron chi connectivity index (χ1n) is 9.23. The Morgan fingerprint density at radius 3 is 2.50 bits per heavy atom. The number of rotatable bonds is 5. The van der Waals surface area contributed by atoms with Gasteiger partial charge in [-0.1, -0.05) is 12.1 Å². The van der Waals surface area contributed by atoms with Crippen molar-refractivity contribution in [3.8, 4) is 0 Å². The fraction of sp³-hybridized carbons (Fsp3) is 0.368. The van der Waals surface area contributed by atoms with E-state index in [1.165, 1.54) is 26.9 Å². The van der Waals surface area contributed by atoms with E-state index < -0.39 is 14.9 Å². The zero-order valence-corrected chi connectivity index (χ0v) is 16.9. The second kappa shape index (κ2) is 7.65. The number of benzene rings is 1. The minimum atomic E-state index is -3.76. The van der Waals surface area contributed by atoms with E-state index >= 15 is 0 Å². The van der Waals surface area contributed by atoms with Crippen LogP contribution in [0.4, 0.5) is 11.4 Å². The number of nitro benzene ring substituents is 1. The van der Waals surface area contributed by atoms with Gasteiger partial charge in [0.1, 0.15) is 4.90 Å². The quantitative estimate of drug-likeness (QED) is 0.545. The molecule has 1 fully saturated rings. The summed E-state index contributed by atoms with van der Waals surface area (Å²) in [6, 6.07) is 8.27. The Kier molecular flexibility index (Phi) is 5.22. The number of hydrogen-bond acceptors (Lipinski definition) is 6. The summed E-state index contributed by atoms with van der Waals surface area (Å²) in [6.07, 6.45) is 4.56. The first-order valence-corrected chi connectivity index (χ1v) is 11.6. The lowest BCUT2D eigenvalue weighted by Gasteiger charge is -2.30. The van der Waals surface area contributed by atoms with Crippen molar-refractivity contribution in [2.24, 2.45) is 0 Å². The van der Waals surface area contributed by atoms with E-state index in [1.807, 2.05) is 16.3 Å². The summed E-state index contributed by atoms with van der Waals surface area (Å²) in [5.41, 5.74) is 1.60. The van der Waals surface area contributed by atoms with Crippen molar-refractivity contribution in [3.05, 3.63) is 56.8 Å². The molecule has 0 saturated carbocycles. The van der Waals surface area contributed by atoms with Crippen LogP contribution >= 0.6 is 11.3 Å². The molecule has 0 aliphatic carbocycles. The van der Waals surface area contributed by atoms with Crippen LogP contribution in [0.15, 0.2) is 46.7 Å². The number of thiophene rings is 1. The first kappa shape index (κ1) is 19.1. The van der Waals surface area contributed by atoms with Gasteiger partial charge >= 0.3 is 0 Å². The highest BCUT2D eigenvalue weighted by Gasteiger charge is 2.32. The van der Waals surface area contributed by atoms with Gasteiger partial charge in [-0.25, -0.2) is 8.42 Å². The molecule has 1 aromatic heterocycles. The lowest BCUT2D eigenvalue weighted by Crippen LogP contribution is -2.33. The smallest absolute Gasteiger partial charge is 0.270 e. The maximum absolute atomic E-state index is 13.2. The average molecular weight is 420 g/mol. The number of nitro groups is 1. The van der Waals surface area contributed by atoms with Crippen LogP contribution in [0.2, 0.25) is 0 Å². The molecule has 0 radical (unpaired) electrons. The molecule has 9 heteroatoms. The summed E-state index contributed by atoms with van der Waals surface area (Å²) in [5.74, 6) is 0. The largest absolute Gasteiger partial charge is 0.366 e. The molecule has 148 valence electrons. The van der Waals surface area contributed by atoms with Crippen LogP contribution in [0, 0.1) is 10.1 Å². The Hall–Kier alpha value is -2.23. The van der Waals surface area contributed by atoms with Gasteiger partial charge in [0.2, 0.25) is 10.0 Å². The molecule has 2 aliphatic heterocycles. The highest BCUT2D eigenvalue weighted by Crippen LogP contribution is 2.35. The molecule has 0 unspecified atom stereocenters. The van der Waals surface area contributed by atoms with Gasteiger partial charge in [-0.05, 0) is 42.3 Å². The third-order valence-corrected chi connectivity index (χ3v) is 8.10. The number of anilines is 1. The van der Waals surface area contributed by atoms with Crippen molar-refractivity contribution in [1.29, 1.82) is 0 Å². The van der Waals surface area contributed by atoms with Crippen molar-refractivity contribution in [1.82, 2.24) is 4.31 Å². The fourth-order valence-electron chi connectivity index (χ4n) is 3.72. The van der Waals surface area contributed by atoms with Crippen LogP contribution in [-0.4, -0.2) is 43.8 Å². The number of hydrogen-bond donors (Lipinski definition) is 0. The standard InChI is InChI=1S/C19H21N3O4S2/c23-22(24)16-5-6-17(19(14-16)28(25,26)21-9-1-2-10-21)20-11-7-15(8-12-20)18-4-3-13-27-18/h3-7,13-14H,1-2,8-12H2. The second-order valence-corrected chi connectivity index (χ2v) is 9.78. The van der Waals surface area contributed by atoms with Gasteiger partial charge in [0, 0.05) is 43.2 Å².